The van der Waals surface area contributed by atoms with Gasteiger partial charge < -0.3 is 14.6 Å². The van der Waals surface area contributed by atoms with E-state index in [4.69, 9.17) is 9.47 Å². The largest absolute Gasteiger partial charge is 0.508 e. The first kappa shape index (κ1) is 24.7. The van der Waals surface area contributed by atoms with E-state index >= 15 is 0 Å². The Labute approximate surface area is 205 Å². The fourth-order valence-corrected chi connectivity index (χ4v) is 4.32. The van der Waals surface area contributed by atoms with Crippen LogP contribution in [-0.2, 0) is 0 Å². The van der Waals surface area contributed by atoms with E-state index in [-0.39, 0.29) is 24.2 Å². The van der Waals surface area contributed by atoms with Crippen LogP contribution >= 0.6 is 0 Å². The van der Waals surface area contributed by atoms with Crippen molar-refractivity contribution in [3.8, 4) is 17.2 Å². The molecule has 0 aliphatic carbocycles. The van der Waals surface area contributed by atoms with Gasteiger partial charge in [-0.1, -0.05) is 24.3 Å². The number of fused-ring (bicyclic) bond motifs is 1. The molecule has 1 N–H and O–H groups in total. The lowest BCUT2D eigenvalue weighted by Gasteiger charge is -2.37. The summed E-state index contributed by atoms with van der Waals surface area (Å²) in [5, 5.41) is 9.62. The summed E-state index contributed by atoms with van der Waals surface area (Å²) in [5.41, 5.74) is 4.69. The van der Waals surface area contributed by atoms with Crippen LogP contribution in [0.25, 0.3) is 11.1 Å². The zero-order chi connectivity index (χ0) is 24.8. The Balaban J connectivity index is 0.000000172. The molecule has 184 valence electrons. The van der Waals surface area contributed by atoms with E-state index in [0.717, 1.165) is 59.0 Å². The van der Waals surface area contributed by atoms with Gasteiger partial charge >= 0.3 is 0 Å². The number of rotatable bonds is 6. The molecule has 4 nitrogen and oxygen atoms in total. The van der Waals surface area contributed by atoms with E-state index in [1.165, 1.54) is 12.1 Å². The molecule has 2 aliphatic heterocycles. The molecule has 0 radical (unpaired) electrons. The highest BCUT2D eigenvalue weighted by Crippen LogP contribution is 2.39. The third-order valence-electron chi connectivity index (χ3n) is 6.39. The molecule has 0 atom stereocenters. The monoisotopic (exact) mass is 479 g/mol. The second kappa shape index (κ2) is 11.4. The number of hydrogen-bond donors (Lipinski definition) is 1. The molecule has 1 saturated heterocycles. The predicted molar refractivity (Wildman–Crippen MR) is 135 cm³/mol. The van der Waals surface area contributed by atoms with Crippen molar-refractivity contribution in [2.45, 2.75) is 13.8 Å². The molecule has 0 amide bonds. The summed E-state index contributed by atoms with van der Waals surface area (Å²) in [4.78, 5) is 2.22. The lowest BCUT2D eigenvalue weighted by atomic mass is 9.91. The maximum atomic E-state index is 13.5. The summed E-state index contributed by atoms with van der Waals surface area (Å²) in [7, 11) is 0. The SMILES string of the molecule is CC1=C(c2cc(F)ccc2C)COc2ccc(O)cc21.FCC1CN(CCOc2ccccc2)C1. The number of aromatic hydroxyl groups is 1. The number of para-hydroxylation sites is 1. The number of nitrogens with zero attached hydrogens (tertiary/aromatic N) is 1. The van der Waals surface area contributed by atoms with Crippen molar-refractivity contribution < 1.29 is 23.4 Å². The van der Waals surface area contributed by atoms with Gasteiger partial charge in [0.05, 0.1) is 6.67 Å². The first-order chi connectivity index (χ1) is 16.9. The Bertz CT molecular complexity index is 1170. The molecular formula is C29H31F2NO3. The van der Waals surface area contributed by atoms with Crippen LogP contribution in [0.4, 0.5) is 8.78 Å². The first-order valence-electron chi connectivity index (χ1n) is 11.8. The lowest BCUT2D eigenvalue weighted by Crippen LogP contribution is -2.49. The van der Waals surface area contributed by atoms with Gasteiger partial charge in [-0.25, -0.2) is 4.39 Å². The summed E-state index contributed by atoms with van der Waals surface area (Å²) >= 11 is 0. The average molecular weight is 480 g/mol. The molecular weight excluding hydrogens is 448 g/mol. The molecule has 0 bridgehead atoms. The average Bonchev–Trinajstić information content (AvgIpc) is 2.84. The van der Waals surface area contributed by atoms with Gasteiger partial charge in [0, 0.05) is 36.7 Å². The summed E-state index contributed by atoms with van der Waals surface area (Å²) in [6.07, 6.45) is 0. The van der Waals surface area contributed by atoms with E-state index in [1.807, 2.05) is 44.2 Å². The van der Waals surface area contributed by atoms with Gasteiger partial charge in [-0.2, -0.15) is 0 Å². The van der Waals surface area contributed by atoms with Crippen molar-refractivity contribution >= 4 is 11.1 Å². The molecule has 5 rings (SSSR count). The number of ether oxygens (including phenoxy) is 2. The molecule has 0 saturated carbocycles. The topological polar surface area (TPSA) is 41.9 Å². The molecule has 6 heteroatoms. The van der Waals surface area contributed by atoms with E-state index in [1.54, 1.807) is 24.3 Å². The van der Waals surface area contributed by atoms with Crippen molar-refractivity contribution in [3.05, 3.63) is 89.2 Å². The zero-order valence-corrected chi connectivity index (χ0v) is 20.1. The van der Waals surface area contributed by atoms with Crippen molar-refractivity contribution in [3.63, 3.8) is 0 Å². The van der Waals surface area contributed by atoms with Crippen molar-refractivity contribution in [1.82, 2.24) is 4.90 Å². The standard InChI is InChI=1S/C17H15FO2.C12H16FNO/c1-10-3-4-12(18)7-14(10)16-9-20-17-6-5-13(19)8-15(17)11(16)2;13-8-11-9-14(10-11)6-7-15-12-4-2-1-3-5-12/h3-8,19H,9H2,1-2H3;1-5,11H,6-10H2. The van der Waals surface area contributed by atoms with Crippen LogP contribution in [0.5, 0.6) is 17.2 Å². The number of likely N-dealkylation sites (tertiary alicyclic amines) is 1. The Morgan fingerprint density at radius 2 is 1.77 bits per heavy atom. The molecule has 2 aliphatic rings. The Morgan fingerprint density at radius 1 is 1.00 bits per heavy atom. The predicted octanol–water partition coefficient (Wildman–Crippen LogP) is 6.13. The van der Waals surface area contributed by atoms with Crippen LogP contribution in [0, 0.1) is 18.7 Å². The zero-order valence-electron chi connectivity index (χ0n) is 20.1. The van der Waals surface area contributed by atoms with E-state index in [0.29, 0.717) is 13.2 Å². The second-order valence-electron chi connectivity index (χ2n) is 8.97. The second-order valence-corrected chi connectivity index (χ2v) is 8.97. The maximum absolute atomic E-state index is 13.5. The first-order valence-corrected chi connectivity index (χ1v) is 11.8. The quantitative estimate of drug-likeness (QED) is 0.462. The van der Waals surface area contributed by atoms with Crippen LogP contribution < -0.4 is 9.47 Å². The van der Waals surface area contributed by atoms with Crippen molar-refractivity contribution in [1.29, 1.82) is 0 Å². The molecule has 2 heterocycles. The van der Waals surface area contributed by atoms with Gasteiger partial charge in [-0.05, 0) is 73.0 Å². The molecule has 0 unspecified atom stereocenters. The number of phenols is 1. The molecule has 0 spiro atoms. The molecule has 1 fully saturated rings. The fraction of sp³-hybridized carbons (Fsp3) is 0.310. The summed E-state index contributed by atoms with van der Waals surface area (Å²) in [6.45, 7) is 7.50. The van der Waals surface area contributed by atoms with Crippen LogP contribution in [0.2, 0.25) is 0 Å². The number of aryl methyl sites for hydroxylation is 1. The molecule has 0 aromatic heterocycles. The van der Waals surface area contributed by atoms with E-state index in [9.17, 15) is 13.9 Å². The molecule has 35 heavy (non-hydrogen) atoms. The Kier molecular flexibility index (Phi) is 8.03. The van der Waals surface area contributed by atoms with Gasteiger partial charge in [0.25, 0.3) is 0 Å². The minimum atomic E-state index is -0.257. The molecule has 3 aromatic rings. The van der Waals surface area contributed by atoms with Crippen molar-refractivity contribution in [2.24, 2.45) is 5.92 Å². The summed E-state index contributed by atoms with van der Waals surface area (Å²) < 4.78 is 36.9. The third kappa shape index (κ3) is 6.20. The Morgan fingerprint density at radius 3 is 2.51 bits per heavy atom. The summed E-state index contributed by atoms with van der Waals surface area (Å²) in [5.74, 6) is 1.86. The number of hydrogen-bond acceptors (Lipinski definition) is 4. The highest BCUT2D eigenvalue weighted by atomic mass is 19.1. The van der Waals surface area contributed by atoms with Gasteiger partial charge in [0.1, 0.15) is 36.3 Å². The third-order valence-corrected chi connectivity index (χ3v) is 6.39. The number of benzene rings is 3. The van der Waals surface area contributed by atoms with E-state index in [2.05, 4.69) is 4.90 Å². The minimum Gasteiger partial charge on any atom is -0.508 e. The van der Waals surface area contributed by atoms with Crippen LogP contribution in [0.15, 0.2) is 66.7 Å². The molecule has 3 aromatic carbocycles. The van der Waals surface area contributed by atoms with E-state index < -0.39 is 0 Å². The van der Waals surface area contributed by atoms with Crippen LogP contribution in [0.1, 0.15) is 23.6 Å². The lowest BCUT2D eigenvalue weighted by molar-refractivity contribution is 0.0668. The minimum absolute atomic E-state index is 0.184. The van der Waals surface area contributed by atoms with Gasteiger partial charge in [-0.15, -0.1) is 0 Å². The number of allylic oxidation sites excluding steroid dienone is 1. The number of halogens is 2. The van der Waals surface area contributed by atoms with Crippen LogP contribution in [-0.4, -0.2) is 49.5 Å². The number of alkyl halides is 1. The van der Waals surface area contributed by atoms with Gasteiger partial charge in [0.2, 0.25) is 0 Å². The fourth-order valence-electron chi connectivity index (χ4n) is 4.32. The Hall–Kier alpha value is -3.38. The number of phenolic OH excluding ortho intramolecular Hbond substituents is 1. The van der Waals surface area contributed by atoms with Gasteiger partial charge in [0.15, 0.2) is 0 Å². The smallest absolute Gasteiger partial charge is 0.127 e. The van der Waals surface area contributed by atoms with Crippen molar-refractivity contribution in [2.75, 3.05) is 39.5 Å². The maximum Gasteiger partial charge on any atom is 0.127 e. The highest BCUT2D eigenvalue weighted by molar-refractivity contribution is 5.94. The normalized spacial score (nSPS) is 15.4. The highest BCUT2D eigenvalue weighted by Gasteiger charge is 2.25. The van der Waals surface area contributed by atoms with Crippen LogP contribution in [0.3, 0.4) is 0 Å². The summed E-state index contributed by atoms with van der Waals surface area (Å²) in [6, 6.07) is 19.6. The van der Waals surface area contributed by atoms with Gasteiger partial charge in [-0.3, -0.25) is 9.29 Å².